The van der Waals surface area contributed by atoms with Crippen molar-refractivity contribution in [3.63, 3.8) is 0 Å². The van der Waals surface area contributed by atoms with E-state index in [9.17, 15) is 21.6 Å². The maximum atomic E-state index is 12.2. The average molecular weight is 317 g/mol. The molecule has 9 heteroatoms. The first-order valence-electron chi connectivity index (χ1n) is 6.53. The predicted molar refractivity (Wildman–Crippen MR) is 71.0 cm³/mol. The second-order valence-electron chi connectivity index (χ2n) is 5.22. The fourth-order valence-electron chi connectivity index (χ4n) is 2.12. The van der Waals surface area contributed by atoms with Gasteiger partial charge in [-0.25, -0.2) is 12.7 Å². The highest BCUT2D eigenvalue weighted by Gasteiger charge is 2.32. The fourth-order valence-corrected chi connectivity index (χ4v) is 2.86. The van der Waals surface area contributed by atoms with Gasteiger partial charge in [0.2, 0.25) is 10.0 Å². The van der Waals surface area contributed by atoms with Crippen LogP contribution in [0.3, 0.4) is 0 Å². The SMILES string of the molecule is CN(C)S(=O)(=O)CCNC1CCN(CC(F)(F)F)CC1. The molecule has 20 heavy (non-hydrogen) atoms. The van der Waals surface area contributed by atoms with Crippen LogP contribution in [0.5, 0.6) is 0 Å². The lowest BCUT2D eigenvalue weighted by Crippen LogP contribution is -2.46. The molecule has 0 bridgehead atoms. The molecule has 1 rings (SSSR count). The van der Waals surface area contributed by atoms with E-state index in [0.717, 1.165) is 0 Å². The first kappa shape index (κ1) is 17.7. The topological polar surface area (TPSA) is 52.7 Å². The molecule has 0 aromatic heterocycles. The normalized spacial score (nSPS) is 19.7. The van der Waals surface area contributed by atoms with Crippen molar-refractivity contribution in [2.24, 2.45) is 0 Å². The number of alkyl halides is 3. The van der Waals surface area contributed by atoms with Crippen LogP contribution in [0.4, 0.5) is 13.2 Å². The summed E-state index contributed by atoms with van der Waals surface area (Å²) < 4.78 is 60.9. The van der Waals surface area contributed by atoms with Crippen molar-refractivity contribution >= 4 is 10.0 Å². The summed E-state index contributed by atoms with van der Waals surface area (Å²) in [7, 11) is -0.268. The van der Waals surface area contributed by atoms with Crippen LogP contribution in [-0.4, -0.2) is 75.9 Å². The summed E-state index contributed by atoms with van der Waals surface area (Å²) in [5.41, 5.74) is 0. The Kier molecular flexibility index (Phi) is 6.24. The van der Waals surface area contributed by atoms with E-state index < -0.39 is 22.7 Å². The van der Waals surface area contributed by atoms with E-state index in [0.29, 0.717) is 32.5 Å². The first-order chi connectivity index (χ1) is 9.10. The van der Waals surface area contributed by atoms with Crippen molar-refractivity contribution < 1.29 is 21.6 Å². The van der Waals surface area contributed by atoms with E-state index in [-0.39, 0.29) is 11.8 Å². The summed E-state index contributed by atoms with van der Waals surface area (Å²) in [5.74, 6) is 0.00274. The van der Waals surface area contributed by atoms with Crippen LogP contribution < -0.4 is 5.32 Å². The molecule has 1 N–H and O–H groups in total. The van der Waals surface area contributed by atoms with Crippen molar-refractivity contribution in [2.45, 2.75) is 25.1 Å². The molecule has 0 saturated carbocycles. The van der Waals surface area contributed by atoms with Gasteiger partial charge >= 0.3 is 6.18 Å². The zero-order valence-electron chi connectivity index (χ0n) is 11.8. The van der Waals surface area contributed by atoms with Crippen molar-refractivity contribution in [3.05, 3.63) is 0 Å². The van der Waals surface area contributed by atoms with Crippen LogP contribution in [0.15, 0.2) is 0 Å². The van der Waals surface area contributed by atoms with Gasteiger partial charge in [-0.2, -0.15) is 13.2 Å². The summed E-state index contributed by atoms with van der Waals surface area (Å²) in [4.78, 5) is 1.38. The number of rotatable bonds is 6. The molecular formula is C11H22F3N3O2S. The van der Waals surface area contributed by atoms with Gasteiger partial charge in [-0.05, 0) is 25.9 Å². The minimum Gasteiger partial charge on any atom is -0.313 e. The second-order valence-corrected chi connectivity index (χ2v) is 7.52. The summed E-state index contributed by atoms with van der Waals surface area (Å²) in [5, 5.41) is 3.10. The molecule has 0 aliphatic carbocycles. The second kappa shape index (κ2) is 7.06. The van der Waals surface area contributed by atoms with Gasteiger partial charge in [-0.15, -0.1) is 0 Å². The largest absolute Gasteiger partial charge is 0.401 e. The lowest BCUT2D eigenvalue weighted by molar-refractivity contribution is -0.148. The predicted octanol–water partition coefficient (Wildman–Crippen LogP) is 0.494. The van der Waals surface area contributed by atoms with Gasteiger partial charge in [-0.3, -0.25) is 4.90 Å². The van der Waals surface area contributed by atoms with Gasteiger partial charge in [0.25, 0.3) is 0 Å². The van der Waals surface area contributed by atoms with Gasteiger partial charge in [0, 0.05) is 26.7 Å². The Morgan fingerprint density at radius 2 is 1.80 bits per heavy atom. The van der Waals surface area contributed by atoms with Crippen LogP contribution in [0, 0.1) is 0 Å². The van der Waals surface area contributed by atoms with Crippen LogP contribution in [0.25, 0.3) is 0 Å². The summed E-state index contributed by atoms with van der Waals surface area (Å²) >= 11 is 0. The van der Waals surface area contributed by atoms with Gasteiger partial charge in [0.05, 0.1) is 12.3 Å². The summed E-state index contributed by atoms with van der Waals surface area (Å²) in [6.45, 7) is 0.231. The number of nitrogens with one attached hydrogen (secondary N) is 1. The Hall–Kier alpha value is -0.380. The highest BCUT2D eigenvalue weighted by Crippen LogP contribution is 2.19. The lowest BCUT2D eigenvalue weighted by atomic mass is 10.1. The van der Waals surface area contributed by atoms with Crippen molar-refractivity contribution in [2.75, 3.05) is 46.0 Å². The standard InChI is InChI=1S/C11H22F3N3O2S/c1-16(2)20(18,19)8-5-15-10-3-6-17(7-4-10)9-11(12,13)14/h10,15H,3-9H2,1-2H3. The number of nitrogens with zero attached hydrogens (tertiary/aromatic N) is 2. The molecule has 1 heterocycles. The fraction of sp³-hybridized carbons (Fsp3) is 1.00. The third-order valence-corrected chi connectivity index (χ3v) is 5.17. The molecule has 0 atom stereocenters. The minimum atomic E-state index is -4.15. The Morgan fingerprint density at radius 3 is 2.25 bits per heavy atom. The molecule has 1 aliphatic heterocycles. The molecule has 1 fully saturated rings. The van der Waals surface area contributed by atoms with Crippen molar-refractivity contribution in [3.8, 4) is 0 Å². The van der Waals surface area contributed by atoms with Crippen LogP contribution in [0.1, 0.15) is 12.8 Å². The number of halogens is 3. The number of hydrogen-bond acceptors (Lipinski definition) is 4. The zero-order chi connectivity index (χ0) is 15.4. The Bertz CT molecular complexity index is 390. The van der Waals surface area contributed by atoms with Crippen LogP contribution in [0.2, 0.25) is 0 Å². The maximum absolute atomic E-state index is 12.2. The molecule has 0 spiro atoms. The quantitative estimate of drug-likeness (QED) is 0.775. The van der Waals surface area contributed by atoms with E-state index in [1.165, 1.54) is 23.3 Å². The van der Waals surface area contributed by atoms with Crippen molar-refractivity contribution in [1.29, 1.82) is 0 Å². The number of sulfonamides is 1. The Labute approximate surface area is 118 Å². The third-order valence-electron chi connectivity index (χ3n) is 3.34. The third kappa shape index (κ3) is 6.38. The van der Waals surface area contributed by atoms with Crippen LogP contribution in [-0.2, 0) is 10.0 Å². The Balaban J connectivity index is 2.23. The van der Waals surface area contributed by atoms with Crippen LogP contribution >= 0.6 is 0 Å². The van der Waals surface area contributed by atoms with E-state index >= 15 is 0 Å². The summed E-state index contributed by atoms with van der Waals surface area (Å²) in [6, 6.07) is 0.0943. The molecule has 0 unspecified atom stereocenters. The molecule has 0 aromatic carbocycles. The zero-order valence-corrected chi connectivity index (χ0v) is 12.6. The highest BCUT2D eigenvalue weighted by atomic mass is 32.2. The van der Waals surface area contributed by atoms with Gasteiger partial charge in [0.15, 0.2) is 0 Å². The Morgan fingerprint density at radius 1 is 1.25 bits per heavy atom. The van der Waals surface area contributed by atoms with E-state index in [1.54, 1.807) is 0 Å². The van der Waals surface area contributed by atoms with E-state index in [2.05, 4.69) is 5.32 Å². The number of hydrogen-bond donors (Lipinski definition) is 1. The monoisotopic (exact) mass is 317 g/mol. The van der Waals surface area contributed by atoms with Gasteiger partial charge in [0.1, 0.15) is 0 Å². The summed E-state index contributed by atoms with van der Waals surface area (Å²) in [6.07, 6.45) is -2.93. The van der Waals surface area contributed by atoms with E-state index in [1.807, 2.05) is 0 Å². The minimum absolute atomic E-state index is 0.00274. The van der Waals surface area contributed by atoms with E-state index in [4.69, 9.17) is 0 Å². The molecule has 1 saturated heterocycles. The molecule has 120 valence electrons. The molecule has 0 aromatic rings. The number of likely N-dealkylation sites (tertiary alicyclic amines) is 1. The maximum Gasteiger partial charge on any atom is 0.401 e. The molecule has 0 amide bonds. The lowest BCUT2D eigenvalue weighted by Gasteiger charge is -2.32. The highest BCUT2D eigenvalue weighted by molar-refractivity contribution is 7.89. The van der Waals surface area contributed by atoms with Gasteiger partial charge in [-0.1, -0.05) is 0 Å². The molecule has 0 radical (unpaired) electrons. The van der Waals surface area contributed by atoms with Gasteiger partial charge < -0.3 is 5.32 Å². The first-order valence-corrected chi connectivity index (χ1v) is 8.14. The number of piperidine rings is 1. The average Bonchev–Trinajstić information content (AvgIpc) is 2.29. The van der Waals surface area contributed by atoms with Crippen molar-refractivity contribution in [1.82, 2.24) is 14.5 Å². The smallest absolute Gasteiger partial charge is 0.313 e. The molecular weight excluding hydrogens is 295 g/mol. The molecule has 5 nitrogen and oxygen atoms in total. The molecule has 1 aliphatic rings.